The molecule has 0 bridgehead atoms. The molecule has 0 aromatic heterocycles. The van der Waals surface area contributed by atoms with Crippen molar-refractivity contribution in [2.75, 3.05) is 13.1 Å². The van der Waals surface area contributed by atoms with E-state index in [0.29, 0.717) is 17.1 Å². The Kier molecular flexibility index (Phi) is 4.45. The summed E-state index contributed by atoms with van der Waals surface area (Å²) in [6, 6.07) is 4.47. The van der Waals surface area contributed by atoms with Crippen LogP contribution in [0.4, 0.5) is 4.39 Å². The molecule has 3 heteroatoms. The van der Waals surface area contributed by atoms with Gasteiger partial charge in [-0.2, -0.15) is 0 Å². The highest BCUT2D eigenvalue weighted by atomic mass is 35.5. The maximum atomic E-state index is 13.2. The van der Waals surface area contributed by atoms with Gasteiger partial charge in [-0.1, -0.05) is 30.4 Å². The third-order valence-corrected chi connectivity index (χ3v) is 1.85. The first-order chi connectivity index (χ1) is 6.74. The van der Waals surface area contributed by atoms with Gasteiger partial charge in [0.15, 0.2) is 0 Å². The molecule has 1 rings (SSSR count). The molecule has 0 saturated heterocycles. The Morgan fingerprint density at radius 1 is 1.50 bits per heavy atom. The van der Waals surface area contributed by atoms with E-state index in [4.69, 9.17) is 11.6 Å². The van der Waals surface area contributed by atoms with Crippen LogP contribution in [-0.2, 0) is 0 Å². The summed E-state index contributed by atoms with van der Waals surface area (Å²) < 4.78 is 13.2. The van der Waals surface area contributed by atoms with Crippen LogP contribution in [0.25, 0.3) is 0 Å². The summed E-state index contributed by atoms with van der Waals surface area (Å²) in [6.07, 6.45) is 0. The molecular weight excluding hydrogens is 201 g/mol. The topological polar surface area (TPSA) is 12.0 Å². The molecule has 0 heterocycles. The second-order valence-electron chi connectivity index (χ2n) is 2.71. The fourth-order valence-electron chi connectivity index (χ4n) is 0.918. The lowest BCUT2D eigenvalue weighted by Gasteiger charge is -1.94. The Bertz CT molecular complexity index is 365. The molecule has 0 aliphatic heterocycles. The van der Waals surface area contributed by atoms with Crippen molar-refractivity contribution in [2.45, 2.75) is 6.92 Å². The molecule has 0 fully saturated rings. The van der Waals surface area contributed by atoms with E-state index in [9.17, 15) is 4.39 Å². The van der Waals surface area contributed by atoms with Crippen LogP contribution in [0.1, 0.15) is 12.5 Å². The molecule has 1 aromatic carbocycles. The van der Waals surface area contributed by atoms with Crippen molar-refractivity contribution in [3.05, 3.63) is 34.6 Å². The monoisotopic (exact) mass is 211 g/mol. The van der Waals surface area contributed by atoms with Gasteiger partial charge in [0, 0.05) is 5.02 Å². The smallest absolute Gasteiger partial charge is 0.140 e. The van der Waals surface area contributed by atoms with Gasteiger partial charge in [0.25, 0.3) is 0 Å². The Hall–Kier alpha value is -1.04. The van der Waals surface area contributed by atoms with Gasteiger partial charge in [0.1, 0.15) is 5.82 Å². The zero-order valence-electron chi connectivity index (χ0n) is 7.90. The van der Waals surface area contributed by atoms with Crippen LogP contribution in [0.2, 0.25) is 5.02 Å². The highest BCUT2D eigenvalue weighted by molar-refractivity contribution is 6.30. The Morgan fingerprint density at radius 2 is 2.29 bits per heavy atom. The number of hydrogen-bond donors (Lipinski definition) is 1. The van der Waals surface area contributed by atoms with Crippen LogP contribution in [0.3, 0.4) is 0 Å². The summed E-state index contributed by atoms with van der Waals surface area (Å²) in [5.74, 6) is 5.17. The third kappa shape index (κ3) is 3.37. The van der Waals surface area contributed by atoms with Gasteiger partial charge in [-0.3, -0.25) is 0 Å². The molecule has 0 amide bonds. The van der Waals surface area contributed by atoms with Crippen LogP contribution < -0.4 is 5.32 Å². The van der Waals surface area contributed by atoms with E-state index in [-0.39, 0.29) is 5.82 Å². The fourth-order valence-corrected chi connectivity index (χ4v) is 1.08. The minimum atomic E-state index is -0.374. The first-order valence-electron chi connectivity index (χ1n) is 4.38. The summed E-state index contributed by atoms with van der Waals surface area (Å²) >= 11 is 5.60. The van der Waals surface area contributed by atoms with Crippen LogP contribution in [0.5, 0.6) is 0 Å². The van der Waals surface area contributed by atoms with Crippen LogP contribution in [-0.4, -0.2) is 13.1 Å². The molecule has 0 unspecified atom stereocenters. The summed E-state index contributed by atoms with van der Waals surface area (Å²) in [5.41, 5.74) is 0.382. The van der Waals surface area contributed by atoms with Crippen LogP contribution >= 0.6 is 11.6 Å². The zero-order valence-corrected chi connectivity index (χ0v) is 8.66. The van der Waals surface area contributed by atoms with Crippen LogP contribution in [0.15, 0.2) is 18.2 Å². The lowest BCUT2D eigenvalue weighted by Crippen LogP contribution is -2.11. The first-order valence-corrected chi connectivity index (χ1v) is 4.76. The Labute approximate surface area is 88.3 Å². The predicted octanol–water partition coefficient (Wildman–Crippen LogP) is 2.44. The van der Waals surface area contributed by atoms with E-state index in [1.165, 1.54) is 6.07 Å². The highest BCUT2D eigenvalue weighted by Crippen LogP contribution is 2.13. The SMILES string of the molecule is CCNCC#Cc1ccc(Cl)cc1F. The van der Waals surface area contributed by atoms with E-state index >= 15 is 0 Å². The van der Waals surface area contributed by atoms with Gasteiger partial charge in [-0.15, -0.1) is 0 Å². The molecule has 0 aliphatic carbocycles. The van der Waals surface area contributed by atoms with Gasteiger partial charge < -0.3 is 5.32 Å². The van der Waals surface area contributed by atoms with E-state index in [1.54, 1.807) is 12.1 Å². The maximum Gasteiger partial charge on any atom is 0.140 e. The quantitative estimate of drug-likeness (QED) is 0.585. The largest absolute Gasteiger partial charge is 0.306 e. The van der Waals surface area contributed by atoms with Gasteiger partial charge in [-0.25, -0.2) is 4.39 Å². The van der Waals surface area contributed by atoms with Gasteiger partial charge in [-0.05, 0) is 24.7 Å². The summed E-state index contributed by atoms with van der Waals surface area (Å²) in [6.45, 7) is 3.42. The fraction of sp³-hybridized carbons (Fsp3) is 0.273. The van der Waals surface area contributed by atoms with E-state index in [2.05, 4.69) is 17.2 Å². The van der Waals surface area contributed by atoms with Crippen molar-refractivity contribution in [3.8, 4) is 11.8 Å². The molecule has 0 spiro atoms. The molecule has 1 N–H and O–H groups in total. The highest BCUT2D eigenvalue weighted by Gasteiger charge is 1.98. The first kappa shape index (κ1) is 11.0. The summed E-state index contributed by atoms with van der Waals surface area (Å²) in [5, 5.41) is 3.42. The molecule has 0 radical (unpaired) electrons. The van der Waals surface area contributed by atoms with Crippen molar-refractivity contribution in [3.63, 3.8) is 0 Å². The average Bonchev–Trinajstić information content (AvgIpc) is 2.15. The lowest BCUT2D eigenvalue weighted by molar-refractivity contribution is 0.624. The molecule has 14 heavy (non-hydrogen) atoms. The van der Waals surface area contributed by atoms with Crippen molar-refractivity contribution in [1.29, 1.82) is 0 Å². The molecular formula is C11H11ClFN. The molecule has 0 saturated carbocycles. The molecule has 0 aliphatic rings. The molecule has 1 aromatic rings. The third-order valence-electron chi connectivity index (χ3n) is 1.62. The van der Waals surface area contributed by atoms with Gasteiger partial charge in [0.05, 0.1) is 12.1 Å². The summed E-state index contributed by atoms with van der Waals surface area (Å²) in [7, 11) is 0. The minimum absolute atomic E-state index is 0.374. The molecule has 1 nitrogen and oxygen atoms in total. The number of nitrogens with one attached hydrogen (secondary N) is 1. The number of hydrogen-bond acceptors (Lipinski definition) is 1. The van der Waals surface area contributed by atoms with E-state index < -0.39 is 0 Å². The number of benzene rings is 1. The van der Waals surface area contributed by atoms with Gasteiger partial charge in [0.2, 0.25) is 0 Å². The lowest BCUT2D eigenvalue weighted by atomic mass is 10.2. The van der Waals surface area contributed by atoms with Crippen molar-refractivity contribution in [1.82, 2.24) is 5.32 Å². The van der Waals surface area contributed by atoms with Crippen molar-refractivity contribution < 1.29 is 4.39 Å². The Balaban J connectivity index is 2.70. The normalized spacial score (nSPS) is 9.36. The molecule has 74 valence electrons. The minimum Gasteiger partial charge on any atom is -0.306 e. The standard InChI is InChI=1S/C11H11ClFN/c1-2-14-7-3-4-9-5-6-10(12)8-11(9)13/h5-6,8,14H,2,7H2,1H3. The second kappa shape index (κ2) is 5.64. The Morgan fingerprint density at radius 3 is 2.93 bits per heavy atom. The second-order valence-corrected chi connectivity index (χ2v) is 3.14. The average molecular weight is 212 g/mol. The zero-order chi connectivity index (χ0) is 10.4. The molecule has 0 atom stereocenters. The van der Waals surface area contributed by atoms with Gasteiger partial charge >= 0.3 is 0 Å². The van der Waals surface area contributed by atoms with Crippen molar-refractivity contribution >= 4 is 11.6 Å². The predicted molar refractivity (Wildman–Crippen MR) is 56.8 cm³/mol. The van der Waals surface area contributed by atoms with Crippen LogP contribution in [0, 0.1) is 17.7 Å². The van der Waals surface area contributed by atoms with E-state index in [1.807, 2.05) is 6.92 Å². The number of rotatable bonds is 2. The summed E-state index contributed by atoms with van der Waals surface area (Å²) in [4.78, 5) is 0. The number of halogens is 2. The van der Waals surface area contributed by atoms with Crippen molar-refractivity contribution in [2.24, 2.45) is 0 Å². The van der Waals surface area contributed by atoms with E-state index in [0.717, 1.165) is 6.54 Å². The maximum absolute atomic E-state index is 13.2.